The molecule has 0 fully saturated rings. The Labute approximate surface area is 186 Å². The number of hydrogen-bond acceptors (Lipinski definition) is 5. The molecule has 1 aromatic heterocycles. The third kappa shape index (κ3) is 4.61. The Morgan fingerprint density at radius 2 is 1.75 bits per heavy atom. The number of nitrogens with zero attached hydrogens (tertiary/aromatic N) is 1. The first-order valence-electron chi connectivity index (χ1n) is 10.5. The van der Waals surface area contributed by atoms with E-state index in [0.717, 1.165) is 17.0 Å². The Bertz CT molecular complexity index is 1140. The van der Waals surface area contributed by atoms with Gasteiger partial charge < -0.3 is 24.1 Å². The number of aryl methyl sites for hydroxylation is 1. The zero-order valence-electron chi connectivity index (χ0n) is 18.4. The molecule has 1 N–H and O–H groups in total. The van der Waals surface area contributed by atoms with E-state index in [2.05, 4.69) is 9.88 Å². The molecule has 1 aliphatic rings. The molecular weight excluding hydrogens is 408 g/mol. The summed E-state index contributed by atoms with van der Waals surface area (Å²) in [6, 6.07) is 17.0. The number of esters is 1. The van der Waals surface area contributed by atoms with Crippen LogP contribution in [0.3, 0.4) is 0 Å². The van der Waals surface area contributed by atoms with Gasteiger partial charge in [0.05, 0.1) is 5.56 Å². The highest BCUT2D eigenvalue weighted by atomic mass is 16.6. The molecule has 0 saturated carbocycles. The Morgan fingerprint density at radius 1 is 1.03 bits per heavy atom. The summed E-state index contributed by atoms with van der Waals surface area (Å²) < 4.78 is 18.5. The van der Waals surface area contributed by atoms with E-state index in [1.807, 2.05) is 44.2 Å². The van der Waals surface area contributed by atoms with Crippen molar-refractivity contribution < 1.29 is 23.8 Å². The molecule has 166 valence electrons. The van der Waals surface area contributed by atoms with Gasteiger partial charge in [-0.1, -0.05) is 30.3 Å². The minimum Gasteiger partial charge on any atom is -0.486 e. The lowest BCUT2D eigenvalue weighted by atomic mass is 10.2. The van der Waals surface area contributed by atoms with E-state index in [1.54, 1.807) is 31.2 Å². The van der Waals surface area contributed by atoms with E-state index >= 15 is 0 Å². The SMILES string of the molecule is Cc1cc(C(=O)OC(C)C(=O)Nc2ccc3c(c2)OCCO3)c(C)n1Cc1ccccc1. The van der Waals surface area contributed by atoms with Crippen LogP contribution in [-0.4, -0.2) is 35.8 Å². The molecule has 7 nitrogen and oxygen atoms in total. The quantitative estimate of drug-likeness (QED) is 0.591. The van der Waals surface area contributed by atoms with Crippen LogP contribution in [0, 0.1) is 13.8 Å². The first-order chi connectivity index (χ1) is 15.4. The van der Waals surface area contributed by atoms with Crippen molar-refractivity contribution >= 4 is 17.6 Å². The molecular formula is C25H26N2O5. The van der Waals surface area contributed by atoms with Gasteiger partial charge in [-0.05, 0) is 44.5 Å². The third-order valence-corrected chi connectivity index (χ3v) is 5.44. The van der Waals surface area contributed by atoms with Crippen LogP contribution in [0.4, 0.5) is 5.69 Å². The van der Waals surface area contributed by atoms with E-state index in [9.17, 15) is 9.59 Å². The lowest BCUT2D eigenvalue weighted by molar-refractivity contribution is -0.123. The second-order valence-electron chi connectivity index (χ2n) is 7.75. The number of amides is 1. The van der Waals surface area contributed by atoms with Gasteiger partial charge in [0.15, 0.2) is 17.6 Å². The van der Waals surface area contributed by atoms with Gasteiger partial charge in [0.1, 0.15) is 13.2 Å². The lowest BCUT2D eigenvalue weighted by Crippen LogP contribution is -2.30. The van der Waals surface area contributed by atoms with E-state index in [1.165, 1.54) is 0 Å². The van der Waals surface area contributed by atoms with Crippen LogP contribution < -0.4 is 14.8 Å². The average Bonchev–Trinajstić information content (AvgIpc) is 3.08. The minimum atomic E-state index is -0.965. The van der Waals surface area contributed by atoms with Crippen LogP contribution in [0.25, 0.3) is 0 Å². The van der Waals surface area contributed by atoms with Gasteiger partial charge in [-0.3, -0.25) is 4.79 Å². The first kappa shape index (κ1) is 21.5. The van der Waals surface area contributed by atoms with Crippen molar-refractivity contribution in [3.63, 3.8) is 0 Å². The maximum Gasteiger partial charge on any atom is 0.340 e. The highest BCUT2D eigenvalue weighted by Gasteiger charge is 2.23. The van der Waals surface area contributed by atoms with Crippen LogP contribution in [-0.2, 0) is 16.1 Å². The van der Waals surface area contributed by atoms with Crippen LogP contribution >= 0.6 is 0 Å². The van der Waals surface area contributed by atoms with Gasteiger partial charge in [0, 0.05) is 29.7 Å². The van der Waals surface area contributed by atoms with Crippen molar-refractivity contribution in [3.8, 4) is 11.5 Å². The molecule has 0 spiro atoms. The first-order valence-corrected chi connectivity index (χ1v) is 10.5. The van der Waals surface area contributed by atoms with Crippen LogP contribution in [0.5, 0.6) is 11.5 Å². The number of benzene rings is 2. The molecule has 4 rings (SSSR count). The molecule has 1 amide bonds. The molecule has 0 aliphatic carbocycles. The van der Waals surface area contributed by atoms with Crippen molar-refractivity contribution in [2.75, 3.05) is 18.5 Å². The average molecular weight is 434 g/mol. The Morgan fingerprint density at radius 3 is 2.50 bits per heavy atom. The summed E-state index contributed by atoms with van der Waals surface area (Å²) in [7, 11) is 0. The normalized spacial score (nSPS) is 13.3. The molecule has 0 bridgehead atoms. The molecule has 1 unspecified atom stereocenters. The summed E-state index contributed by atoms with van der Waals surface area (Å²) in [6.07, 6.45) is -0.965. The highest BCUT2D eigenvalue weighted by molar-refractivity contribution is 5.98. The third-order valence-electron chi connectivity index (χ3n) is 5.44. The fraction of sp³-hybridized carbons (Fsp3) is 0.280. The number of fused-ring (bicyclic) bond motifs is 1. The molecule has 1 atom stereocenters. The number of carbonyl (C=O) groups excluding carboxylic acids is 2. The second kappa shape index (κ2) is 9.18. The van der Waals surface area contributed by atoms with Gasteiger partial charge in [0.2, 0.25) is 0 Å². The predicted octanol–water partition coefficient (Wildman–Crippen LogP) is 4.11. The lowest BCUT2D eigenvalue weighted by Gasteiger charge is -2.19. The predicted molar refractivity (Wildman–Crippen MR) is 120 cm³/mol. The molecule has 2 heterocycles. The fourth-order valence-electron chi connectivity index (χ4n) is 3.66. The van der Waals surface area contributed by atoms with Gasteiger partial charge in [-0.2, -0.15) is 0 Å². The monoisotopic (exact) mass is 434 g/mol. The van der Waals surface area contributed by atoms with E-state index < -0.39 is 18.0 Å². The Hall–Kier alpha value is -3.74. The van der Waals surface area contributed by atoms with E-state index in [-0.39, 0.29) is 0 Å². The topological polar surface area (TPSA) is 78.8 Å². The van der Waals surface area contributed by atoms with Gasteiger partial charge >= 0.3 is 5.97 Å². The Kier molecular flexibility index (Phi) is 6.16. The summed E-state index contributed by atoms with van der Waals surface area (Å²) >= 11 is 0. The number of carbonyl (C=O) groups is 2. The van der Waals surface area contributed by atoms with Crippen molar-refractivity contribution in [2.45, 2.75) is 33.4 Å². The van der Waals surface area contributed by atoms with Crippen LogP contribution in [0.2, 0.25) is 0 Å². The molecule has 0 saturated heterocycles. The molecule has 1 aliphatic heterocycles. The molecule has 3 aromatic rings. The molecule has 7 heteroatoms. The van der Waals surface area contributed by atoms with Crippen molar-refractivity contribution in [3.05, 3.63) is 77.1 Å². The van der Waals surface area contributed by atoms with E-state index in [4.69, 9.17) is 14.2 Å². The minimum absolute atomic E-state index is 0.423. The number of aromatic nitrogens is 1. The maximum atomic E-state index is 12.8. The van der Waals surface area contributed by atoms with E-state index in [0.29, 0.717) is 42.5 Å². The number of hydrogen-bond donors (Lipinski definition) is 1. The summed E-state index contributed by atoms with van der Waals surface area (Å²) in [6.45, 7) is 7.00. The second-order valence-corrected chi connectivity index (χ2v) is 7.75. The molecule has 32 heavy (non-hydrogen) atoms. The number of nitrogens with one attached hydrogen (secondary N) is 1. The summed E-state index contributed by atoms with van der Waals surface area (Å²) in [5.41, 5.74) is 3.89. The number of ether oxygens (including phenoxy) is 3. The van der Waals surface area contributed by atoms with Gasteiger partial charge in [0.25, 0.3) is 5.91 Å². The zero-order valence-corrected chi connectivity index (χ0v) is 18.4. The fourth-order valence-corrected chi connectivity index (χ4v) is 3.66. The summed E-state index contributed by atoms with van der Waals surface area (Å²) in [4.78, 5) is 25.4. The molecule has 0 radical (unpaired) electrons. The summed E-state index contributed by atoms with van der Waals surface area (Å²) in [5.74, 6) is 0.263. The molecule has 2 aromatic carbocycles. The zero-order chi connectivity index (χ0) is 22.7. The maximum absolute atomic E-state index is 12.8. The van der Waals surface area contributed by atoms with Crippen molar-refractivity contribution in [1.82, 2.24) is 4.57 Å². The Balaban J connectivity index is 1.41. The highest BCUT2D eigenvalue weighted by Crippen LogP contribution is 2.32. The van der Waals surface area contributed by atoms with Crippen molar-refractivity contribution in [1.29, 1.82) is 0 Å². The van der Waals surface area contributed by atoms with Crippen LogP contribution in [0.1, 0.15) is 34.2 Å². The van der Waals surface area contributed by atoms with Gasteiger partial charge in [-0.25, -0.2) is 4.79 Å². The standard InChI is InChI=1S/C25H26N2O5/c1-16-13-21(17(2)27(16)15-19-7-5-4-6-8-19)25(29)32-18(3)24(28)26-20-9-10-22-23(14-20)31-12-11-30-22/h4-10,13-14,18H,11-12,15H2,1-3H3,(H,26,28). The van der Waals surface area contributed by atoms with Crippen LogP contribution in [0.15, 0.2) is 54.6 Å². The van der Waals surface area contributed by atoms with Gasteiger partial charge in [-0.15, -0.1) is 0 Å². The number of rotatable bonds is 6. The smallest absolute Gasteiger partial charge is 0.340 e. The summed E-state index contributed by atoms with van der Waals surface area (Å²) in [5, 5.41) is 2.76. The number of anilines is 1. The largest absolute Gasteiger partial charge is 0.486 e. The van der Waals surface area contributed by atoms with Crippen molar-refractivity contribution in [2.24, 2.45) is 0 Å².